The van der Waals surface area contributed by atoms with Gasteiger partial charge in [-0.05, 0) is 106 Å². The second-order valence-corrected chi connectivity index (χ2v) is 18.3. The van der Waals surface area contributed by atoms with Gasteiger partial charge in [-0.1, -0.05) is 117 Å². The molecule has 4 heterocycles. The number of nitrogens with zero attached hydrogens (tertiary/aromatic N) is 2. The molecule has 0 atom stereocenters. The highest BCUT2D eigenvalue weighted by Gasteiger charge is 2.36. The number of aromatic nitrogens is 2. The Labute approximate surface area is 354 Å². The lowest BCUT2D eigenvalue weighted by molar-refractivity contribution is 0.661. The molecule has 0 radical (unpaired) electrons. The molecular weight excluding hydrogens is 761 g/mol. The predicted molar refractivity (Wildman–Crippen MR) is 258 cm³/mol. The molecule has 0 fully saturated rings. The molecule has 0 spiro atoms. The van der Waals surface area contributed by atoms with Gasteiger partial charge < -0.3 is 13.6 Å². The van der Waals surface area contributed by atoms with Crippen LogP contribution in [-0.2, 0) is 5.41 Å². The number of hydrogen-bond acceptors (Lipinski definition) is 2. The normalized spacial score (nSPS) is 13.5. The highest BCUT2D eigenvalue weighted by molar-refractivity contribution is 7.26. The molecule has 0 saturated carbocycles. The van der Waals surface area contributed by atoms with Gasteiger partial charge in [-0.2, -0.15) is 0 Å². The minimum atomic E-state index is -0.0886. The van der Waals surface area contributed by atoms with Crippen LogP contribution >= 0.6 is 11.3 Å². The lowest BCUT2D eigenvalue weighted by Gasteiger charge is -2.21. The van der Waals surface area contributed by atoms with Crippen LogP contribution in [0.15, 0.2) is 186 Å². The topological polar surface area (TPSA) is 23.0 Å². The molecule has 1 aliphatic rings. The van der Waals surface area contributed by atoms with Crippen LogP contribution in [0.5, 0.6) is 0 Å². The first-order valence-electron chi connectivity index (χ1n) is 21.1. The number of furan rings is 1. The first-order valence-corrected chi connectivity index (χ1v) is 21.9. The van der Waals surface area contributed by atoms with Crippen molar-refractivity contribution in [3.8, 4) is 33.6 Å². The molecule has 3 nitrogen and oxygen atoms in total. The van der Waals surface area contributed by atoms with Crippen LogP contribution in [0.1, 0.15) is 25.0 Å². The second-order valence-electron chi connectivity index (χ2n) is 17.3. The van der Waals surface area contributed by atoms with Gasteiger partial charge in [0.2, 0.25) is 0 Å². The molecule has 0 bridgehead atoms. The van der Waals surface area contributed by atoms with Crippen molar-refractivity contribution in [3.05, 3.63) is 193 Å². The van der Waals surface area contributed by atoms with Crippen molar-refractivity contribution in [2.24, 2.45) is 0 Å². The van der Waals surface area contributed by atoms with E-state index in [1.165, 1.54) is 103 Å². The summed E-state index contributed by atoms with van der Waals surface area (Å²) in [4.78, 5) is 0. The fraction of sp³-hybridized carbons (Fsp3) is 0.0526. The molecule has 61 heavy (non-hydrogen) atoms. The van der Waals surface area contributed by atoms with Crippen LogP contribution in [0.3, 0.4) is 0 Å². The number of thiophene rings is 1. The van der Waals surface area contributed by atoms with Gasteiger partial charge in [0.1, 0.15) is 11.2 Å². The fourth-order valence-corrected chi connectivity index (χ4v) is 12.0. The molecule has 0 N–H and O–H groups in total. The molecule has 9 aromatic carbocycles. The SMILES string of the molecule is CC1(C)c2ccccc2-c2cc3c4cc(-c5ccc6c(c5)c5cc7c(cc5n6-c5cccc6c5sc5ccccc56)oc5ccccc57)ccc4n(-c4ccccc4)c3cc21. The van der Waals surface area contributed by atoms with Crippen molar-refractivity contribution in [2.75, 3.05) is 0 Å². The van der Waals surface area contributed by atoms with Gasteiger partial charge in [0, 0.05) is 65.0 Å². The van der Waals surface area contributed by atoms with Crippen LogP contribution in [0.4, 0.5) is 0 Å². The van der Waals surface area contributed by atoms with Gasteiger partial charge in [-0.3, -0.25) is 0 Å². The number of hydrogen-bond donors (Lipinski definition) is 0. The smallest absolute Gasteiger partial charge is 0.137 e. The first kappa shape index (κ1) is 33.4. The Bertz CT molecular complexity index is 4020. The molecule has 1 aliphatic carbocycles. The van der Waals surface area contributed by atoms with Crippen LogP contribution < -0.4 is 0 Å². The van der Waals surface area contributed by atoms with E-state index in [0.29, 0.717) is 0 Å². The number of para-hydroxylation sites is 2. The van der Waals surface area contributed by atoms with E-state index in [1.54, 1.807) is 0 Å². The van der Waals surface area contributed by atoms with Crippen molar-refractivity contribution >= 4 is 97.1 Å². The fourth-order valence-electron chi connectivity index (χ4n) is 10.8. The molecule has 14 rings (SSSR count). The van der Waals surface area contributed by atoms with Crippen LogP contribution in [0.25, 0.3) is 119 Å². The Morgan fingerprint density at radius 2 is 1.07 bits per heavy atom. The van der Waals surface area contributed by atoms with Crippen molar-refractivity contribution < 1.29 is 4.42 Å². The number of fused-ring (bicyclic) bond motifs is 15. The average Bonchev–Trinajstić information content (AvgIpc) is 4.08. The third kappa shape index (κ3) is 4.47. The number of rotatable bonds is 3. The van der Waals surface area contributed by atoms with Gasteiger partial charge >= 0.3 is 0 Å². The monoisotopic (exact) mass is 796 g/mol. The van der Waals surface area contributed by atoms with E-state index in [9.17, 15) is 0 Å². The van der Waals surface area contributed by atoms with E-state index in [-0.39, 0.29) is 5.41 Å². The molecule has 13 aromatic rings. The van der Waals surface area contributed by atoms with E-state index >= 15 is 0 Å². The third-order valence-electron chi connectivity index (χ3n) is 13.7. The van der Waals surface area contributed by atoms with Crippen LogP contribution in [0, 0.1) is 0 Å². The van der Waals surface area contributed by atoms with E-state index in [4.69, 9.17) is 4.42 Å². The maximum Gasteiger partial charge on any atom is 0.137 e. The summed E-state index contributed by atoms with van der Waals surface area (Å²) in [5.41, 5.74) is 16.7. The van der Waals surface area contributed by atoms with Crippen molar-refractivity contribution in [1.82, 2.24) is 9.13 Å². The van der Waals surface area contributed by atoms with Crippen molar-refractivity contribution in [3.63, 3.8) is 0 Å². The van der Waals surface area contributed by atoms with E-state index in [2.05, 4.69) is 205 Å². The Kier molecular flexibility index (Phi) is 6.51. The summed E-state index contributed by atoms with van der Waals surface area (Å²) in [6.45, 7) is 4.74. The highest BCUT2D eigenvalue weighted by Crippen LogP contribution is 2.51. The Hall–Kier alpha value is -7.40. The summed E-state index contributed by atoms with van der Waals surface area (Å²) in [6, 6.07) is 67.4. The van der Waals surface area contributed by atoms with Gasteiger partial charge in [0.05, 0.1) is 32.5 Å². The average molecular weight is 797 g/mol. The molecule has 0 saturated heterocycles. The van der Waals surface area contributed by atoms with E-state index in [1.807, 2.05) is 11.3 Å². The third-order valence-corrected chi connectivity index (χ3v) is 14.9. The Morgan fingerprint density at radius 3 is 1.90 bits per heavy atom. The summed E-state index contributed by atoms with van der Waals surface area (Å²) in [7, 11) is 0. The lowest BCUT2D eigenvalue weighted by atomic mass is 9.82. The summed E-state index contributed by atoms with van der Waals surface area (Å²) >= 11 is 1.87. The standard InChI is InChI=1S/C57H36N2OS/c1-57(2)46-19-9-6-15-36(46)40-29-43-41-27-33(23-25-48(41)58(51(43)31-47(40)57)35-13-4-3-5-14-35)34-24-26-49-42(28-34)44-30-45-37-16-7-10-21-53(37)60-54(45)32-52(44)59(49)50-20-12-18-39-38-17-8-11-22-55(38)61-56(39)50/h3-32H,1-2H3. The first-order chi connectivity index (χ1) is 30.0. The maximum absolute atomic E-state index is 6.53. The van der Waals surface area contributed by atoms with Gasteiger partial charge in [0.15, 0.2) is 0 Å². The minimum Gasteiger partial charge on any atom is -0.456 e. The van der Waals surface area contributed by atoms with Crippen molar-refractivity contribution in [2.45, 2.75) is 19.3 Å². The quantitative estimate of drug-likeness (QED) is 0.175. The zero-order valence-corrected chi connectivity index (χ0v) is 34.3. The maximum atomic E-state index is 6.53. The van der Waals surface area contributed by atoms with Gasteiger partial charge in [0.25, 0.3) is 0 Å². The van der Waals surface area contributed by atoms with Crippen LogP contribution in [-0.4, -0.2) is 9.13 Å². The molecular formula is C57H36N2OS. The highest BCUT2D eigenvalue weighted by atomic mass is 32.1. The Balaban J connectivity index is 1.04. The summed E-state index contributed by atoms with van der Waals surface area (Å²) in [5.74, 6) is 0. The second kappa shape index (κ2) is 11.9. The van der Waals surface area contributed by atoms with Crippen LogP contribution in [0.2, 0.25) is 0 Å². The van der Waals surface area contributed by atoms with Crippen molar-refractivity contribution in [1.29, 1.82) is 0 Å². The summed E-state index contributed by atoms with van der Waals surface area (Å²) in [5, 5.41) is 9.83. The molecule has 0 unspecified atom stereocenters. The molecule has 4 aromatic heterocycles. The molecule has 0 amide bonds. The van der Waals surface area contributed by atoms with E-state index < -0.39 is 0 Å². The molecule has 4 heteroatoms. The lowest BCUT2D eigenvalue weighted by Crippen LogP contribution is -2.14. The van der Waals surface area contributed by atoms with Gasteiger partial charge in [-0.25, -0.2) is 0 Å². The number of benzene rings is 9. The summed E-state index contributed by atoms with van der Waals surface area (Å²) < 4.78 is 14.0. The Morgan fingerprint density at radius 1 is 0.410 bits per heavy atom. The minimum absolute atomic E-state index is 0.0886. The molecule has 286 valence electrons. The summed E-state index contributed by atoms with van der Waals surface area (Å²) in [6.07, 6.45) is 0. The molecule has 0 aliphatic heterocycles. The zero-order valence-electron chi connectivity index (χ0n) is 33.5. The predicted octanol–water partition coefficient (Wildman–Crippen LogP) is 16.1. The largest absolute Gasteiger partial charge is 0.456 e. The van der Waals surface area contributed by atoms with E-state index in [0.717, 1.165) is 27.5 Å². The van der Waals surface area contributed by atoms with Gasteiger partial charge in [-0.15, -0.1) is 11.3 Å². The zero-order chi connectivity index (χ0) is 40.1.